The molecule has 0 bridgehead atoms. The predicted octanol–water partition coefficient (Wildman–Crippen LogP) is 5.26. The topological polar surface area (TPSA) is 47.0 Å². The second-order valence-corrected chi connectivity index (χ2v) is 8.40. The van der Waals surface area contributed by atoms with Crippen LogP contribution in [0.25, 0.3) is 0 Å². The molecule has 0 radical (unpaired) electrons. The summed E-state index contributed by atoms with van der Waals surface area (Å²) in [7, 11) is -4.90. The number of benzene rings is 1. The van der Waals surface area contributed by atoms with Crippen LogP contribution in [-0.2, 0) is 9.84 Å². The Morgan fingerprint density at radius 1 is 1.07 bits per heavy atom. The predicted molar refractivity (Wildman–Crippen MR) is 86.9 cm³/mol. The summed E-state index contributed by atoms with van der Waals surface area (Å²) in [6.45, 7) is 0. The third kappa shape index (κ3) is 5.05. The molecule has 0 saturated heterocycles. The Hall–Kier alpha value is -1.52. The maximum absolute atomic E-state index is 14.2. The molecule has 0 aliphatic heterocycles. The molecule has 0 aliphatic rings. The van der Waals surface area contributed by atoms with Gasteiger partial charge < -0.3 is 0 Å². The molecule has 1 heterocycles. The average Bonchev–Trinajstić information content (AvgIpc) is 2.55. The molecule has 0 N–H and O–H groups in total. The van der Waals surface area contributed by atoms with E-state index in [4.69, 9.17) is 23.2 Å². The van der Waals surface area contributed by atoms with Gasteiger partial charge in [0.25, 0.3) is 0 Å². The van der Waals surface area contributed by atoms with Crippen molar-refractivity contribution >= 4 is 33.0 Å². The fourth-order valence-electron chi connectivity index (χ4n) is 2.32. The summed E-state index contributed by atoms with van der Waals surface area (Å²) in [6.07, 6.45) is -5.77. The summed E-state index contributed by atoms with van der Waals surface area (Å²) >= 11 is 11.5. The molecular weight excluding hydrogens is 443 g/mol. The van der Waals surface area contributed by atoms with E-state index in [-0.39, 0.29) is 5.15 Å². The summed E-state index contributed by atoms with van der Waals surface area (Å²) < 4.78 is 105. The van der Waals surface area contributed by atoms with E-state index < -0.39 is 67.0 Å². The van der Waals surface area contributed by atoms with Crippen LogP contribution < -0.4 is 0 Å². The van der Waals surface area contributed by atoms with Crippen LogP contribution in [0.3, 0.4) is 0 Å². The van der Waals surface area contributed by atoms with E-state index in [1.165, 1.54) is 0 Å². The third-order valence-electron chi connectivity index (χ3n) is 3.50. The lowest BCUT2D eigenvalue weighted by atomic mass is 10.0. The Balaban J connectivity index is 2.75. The molecule has 2 rings (SSSR count). The summed E-state index contributed by atoms with van der Waals surface area (Å²) in [6, 6.07) is 1.70. The Kier molecular flexibility index (Phi) is 6.33. The van der Waals surface area contributed by atoms with Gasteiger partial charge in [0.05, 0.1) is 17.2 Å². The first-order valence-electron chi connectivity index (χ1n) is 7.06. The quantitative estimate of drug-likeness (QED) is 0.353. The highest BCUT2D eigenvalue weighted by molar-refractivity contribution is 7.91. The van der Waals surface area contributed by atoms with Crippen molar-refractivity contribution in [2.75, 3.05) is 5.75 Å². The van der Waals surface area contributed by atoms with Gasteiger partial charge in [0.15, 0.2) is 21.5 Å². The number of nitrogens with zero attached hydrogens (tertiary/aromatic N) is 1. The average molecular weight is 452 g/mol. The summed E-state index contributed by atoms with van der Waals surface area (Å²) in [4.78, 5) is 3.54. The molecule has 1 aromatic heterocycles. The van der Waals surface area contributed by atoms with Crippen molar-refractivity contribution in [2.24, 2.45) is 0 Å². The van der Waals surface area contributed by atoms with E-state index in [0.29, 0.717) is 12.1 Å². The standard InChI is InChI=1S/C15H9Cl2F6NO2S/c16-8-6-24-11(17)5-7(8)14(27(25,26)4-3-15(21,22)23)12-9(18)1-2-10(19)13(12)20/h1-2,5-6,14H,3-4H2. The lowest BCUT2D eigenvalue weighted by Gasteiger charge is -2.21. The number of sulfone groups is 1. The van der Waals surface area contributed by atoms with Gasteiger partial charge in [0.1, 0.15) is 16.2 Å². The monoisotopic (exact) mass is 451 g/mol. The van der Waals surface area contributed by atoms with Crippen LogP contribution in [0.4, 0.5) is 26.3 Å². The Labute approximate surface area is 159 Å². The SMILES string of the molecule is O=S(=O)(CCC(F)(F)F)C(c1cc(Cl)ncc1Cl)c1c(F)ccc(F)c1F. The van der Waals surface area contributed by atoms with Crippen LogP contribution in [-0.4, -0.2) is 25.3 Å². The van der Waals surface area contributed by atoms with E-state index in [1.54, 1.807) is 0 Å². The zero-order valence-corrected chi connectivity index (χ0v) is 15.3. The van der Waals surface area contributed by atoms with Crippen molar-refractivity contribution in [3.8, 4) is 0 Å². The van der Waals surface area contributed by atoms with Crippen LogP contribution in [0.15, 0.2) is 24.4 Å². The fraction of sp³-hybridized carbons (Fsp3) is 0.267. The first kappa shape index (κ1) is 21.8. The first-order chi connectivity index (χ1) is 12.3. The van der Waals surface area contributed by atoms with Gasteiger partial charge in [-0.3, -0.25) is 0 Å². The minimum Gasteiger partial charge on any atom is -0.243 e. The van der Waals surface area contributed by atoms with Crippen molar-refractivity contribution in [3.05, 3.63) is 63.2 Å². The molecule has 0 saturated carbocycles. The molecule has 12 heteroatoms. The number of hydrogen-bond acceptors (Lipinski definition) is 3. The largest absolute Gasteiger partial charge is 0.390 e. The van der Waals surface area contributed by atoms with Gasteiger partial charge in [-0.25, -0.2) is 26.6 Å². The summed E-state index contributed by atoms with van der Waals surface area (Å²) in [5.74, 6) is -6.43. The molecule has 0 aliphatic carbocycles. The number of pyridine rings is 1. The molecule has 148 valence electrons. The summed E-state index contributed by atoms with van der Waals surface area (Å²) in [5.41, 5.74) is -1.82. The molecule has 0 spiro atoms. The Bertz CT molecular complexity index is 966. The Morgan fingerprint density at radius 2 is 1.67 bits per heavy atom. The first-order valence-corrected chi connectivity index (χ1v) is 9.53. The second-order valence-electron chi connectivity index (χ2n) is 5.40. The second kappa shape index (κ2) is 7.84. The number of aromatic nitrogens is 1. The highest BCUT2D eigenvalue weighted by Crippen LogP contribution is 2.40. The smallest absolute Gasteiger partial charge is 0.243 e. The minimum atomic E-state index is -4.90. The Morgan fingerprint density at radius 3 is 2.26 bits per heavy atom. The number of alkyl halides is 3. The zero-order valence-electron chi connectivity index (χ0n) is 13.0. The number of rotatable bonds is 5. The van der Waals surface area contributed by atoms with Crippen molar-refractivity contribution in [3.63, 3.8) is 0 Å². The molecule has 2 aromatic rings. The van der Waals surface area contributed by atoms with Gasteiger partial charge in [-0.15, -0.1) is 0 Å². The van der Waals surface area contributed by atoms with Gasteiger partial charge in [-0.05, 0) is 23.8 Å². The fourth-order valence-corrected chi connectivity index (χ4v) is 4.67. The summed E-state index contributed by atoms with van der Waals surface area (Å²) in [5, 5.41) is -3.12. The normalized spacial score (nSPS) is 13.6. The van der Waals surface area contributed by atoms with E-state index in [9.17, 15) is 34.8 Å². The van der Waals surface area contributed by atoms with Crippen molar-refractivity contribution in [1.29, 1.82) is 0 Å². The third-order valence-corrected chi connectivity index (χ3v) is 6.01. The van der Waals surface area contributed by atoms with Crippen LogP contribution in [0.5, 0.6) is 0 Å². The molecule has 27 heavy (non-hydrogen) atoms. The molecule has 0 amide bonds. The zero-order chi connectivity index (χ0) is 20.6. The molecule has 1 aromatic carbocycles. The van der Waals surface area contributed by atoms with Gasteiger partial charge in [0.2, 0.25) is 0 Å². The molecule has 0 fully saturated rings. The van der Waals surface area contributed by atoms with E-state index in [0.717, 1.165) is 12.3 Å². The van der Waals surface area contributed by atoms with Gasteiger partial charge >= 0.3 is 6.18 Å². The number of halogens is 8. The molecule has 3 nitrogen and oxygen atoms in total. The minimum absolute atomic E-state index is 0.331. The van der Waals surface area contributed by atoms with Crippen molar-refractivity contribution in [2.45, 2.75) is 17.8 Å². The molecule has 1 atom stereocenters. The molecular formula is C15H9Cl2F6NO2S. The van der Waals surface area contributed by atoms with Crippen molar-refractivity contribution < 1.29 is 34.8 Å². The van der Waals surface area contributed by atoms with E-state index >= 15 is 0 Å². The van der Waals surface area contributed by atoms with E-state index in [1.807, 2.05) is 0 Å². The van der Waals surface area contributed by atoms with Gasteiger partial charge in [-0.2, -0.15) is 13.2 Å². The molecule has 1 unspecified atom stereocenters. The maximum Gasteiger partial charge on any atom is 0.390 e. The van der Waals surface area contributed by atoms with Crippen LogP contribution in [0, 0.1) is 17.5 Å². The van der Waals surface area contributed by atoms with Crippen molar-refractivity contribution in [1.82, 2.24) is 4.98 Å². The lowest BCUT2D eigenvalue weighted by molar-refractivity contribution is -0.129. The lowest BCUT2D eigenvalue weighted by Crippen LogP contribution is -2.24. The maximum atomic E-state index is 14.2. The highest BCUT2D eigenvalue weighted by Gasteiger charge is 2.39. The van der Waals surface area contributed by atoms with Gasteiger partial charge in [-0.1, -0.05) is 23.2 Å². The van der Waals surface area contributed by atoms with Crippen LogP contribution in [0.1, 0.15) is 22.8 Å². The van der Waals surface area contributed by atoms with Gasteiger partial charge in [0, 0.05) is 11.8 Å². The number of hydrogen-bond donors (Lipinski definition) is 0. The van der Waals surface area contributed by atoms with Crippen LogP contribution >= 0.6 is 23.2 Å². The van der Waals surface area contributed by atoms with E-state index in [2.05, 4.69) is 4.98 Å². The van der Waals surface area contributed by atoms with Crippen LogP contribution in [0.2, 0.25) is 10.2 Å². The highest BCUT2D eigenvalue weighted by atomic mass is 35.5.